The molecule has 1 saturated carbocycles. The van der Waals surface area contributed by atoms with Crippen molar-refractivity contribution in [1.82, 2.24) is 4.90 Å². The van der Waals surface area contributed by atoms with E-state index in [0.29, 0.717) is 25.0 Å². The van der Waals surface area contributed by atoms with E-state index in [1.165, 1.54) is 0 Å². The molecule has 15 heavy (non-hydrogen) atoms. The van der Waals surface area contributed by atoms with Gasteiger partial charge in [-0.1, -0.05) is 0 Å². The zero-order chi connectivity index (χ0) is 10.9. The van der Waals surface area contributed by atoms with Crippen LogP contribution in [0.1, 0.15) is 19.3 Å². The smallest absolute Gasteiger partial charge is 0.0923 e. The molecule has 0 amide bonds. The highest BCUT2D eigenvalue weighted by molar-refractivity contribution is 4.98. The van der Waals surface area contributed by atoms with Gasteiger partial charge in [-0.05, 0) is 32.2 Å². The number of nitrogens with two attached hydrogens (primary N) is 1. The minimum Gasteiger partial charge on any atom is -0.387 e. The maximum absolute atomic E-state index is 10.4. The fourth-order valence-corrected chi connectivity index (χ4v) is 2.41. The molecule has 88 valence electrons. The Labute approximate surface area is 91.4 Å². The van der Waals surface area contributed by atoms with E-state index in [9.17, 15) is 5.11 Å². The van der Waals surface area contributed by atoms with Crippen LogP contribution < -0.4 is 5.73 Å². The molecule has 0 radical (unpaired) electrons. The van der Waals surface area contributed by atoms with Gasteiger partial charge in [0.25, 0.3) is 0 Å². The van der Waals surface area contributed by atoms with Gasteiger partial charge in [-0.2, -0.15) is 0 Å². The monoisotopic (exact) mass is 214 g/mol. The van der Waals surface area contributed by atoms with Crippen molar-refractivity contribution in [3.8, 4) is 0 Å². The van der Waals surface area contributed by atoms with Gasteiger partial charge in [0.05, 0.1) is 12.2 Å². The van der Waals surface area contributed by atoms with Gasteiger partial charge >= 0.3 is 0 Å². The lowest BCUT2D eigenvalue weighted by Crippen LogP contribution is -2.51. The van der Waals surface area contributed by atoms with Crippen LogP contribution >= 0.6 is 0 Å². The van der Waals surface area contributed by atoms with Crippen molar-refractivity contribution in [2.45, 2.75) is 30.9 Å². The molecule has 1 aliphatic heterocycles. The summed E-state index contributed by atoms with van der Waals surface area (Å²) in [5.41, 5.74) is 5.02. The molecule has 0 bridgehead atoms. The Hall–Kier alpha value is -0.160. The molecule has 0 spiro atoms. The third-order valence-electron chi connectivity index (χ3n) is 3.74. The van der Waals surface area contributed by atoms with Crippen molar-refractivity contribution >= 4 is 0 Å². The Morgan fingerprint density at radius 1 is 1.47 bits per heavy atom. The molecule has 2 aliphatic rings. The Kier molecular flexibility index (Phi) is 3.30. The second kappa shape index (κ2) is 4.37. The van der Waals surface area contributed by atoms with Crippen LogP contribution in [0.15, 0.2) is 0 Å². The summed E-state index contributed by atoms with van der Waals surface area (Å²) in [5, 5.41) is 10.4. The third kappa shape index (κ3) is 2.50. The summed E-state index contributed by atoms with van der Waals surface area (Å²) < 4.78 is 5.35. The normalized spacial score (nSPS) is 30.8. The number of rotatable bonds is 5. The van der Waals surface area contributed by atoms with Gasteiger partial charge < -0.3 is 15.6 Å². The van der Waals surface area contributed by atoms with Crippen LogP contribution in [-0.4, -0.2) is 55.0 Å². The van der Waals surface area contributed by atoms with Crippen LogP contribution in [-0.2, 0) is 4.74 Å². The van der Waals surface area contributed by atoms with Gasteiger partial charge in [-0.15, -0.1) is 0 Å². The summed E-state index contributed by atoms with van der Waals surface area (Å²) in [4.78, 5) is 2.21. The summed E-state index contributed by atoms with van der Waals surface area (Å²) in [6.07, 6.45) is 3.33. The van der Waals surface area contributed by atoms with Crippen LogP contribution in [0.25, 0.3) is 0 Å². The molecule has 1 heterocycles. The van der Waals surface area contributed by atoms with Crippen LogP contribution in [0.2, 0.25) is 0 Å². The lowest BCUT2D eigenvalue weighted by atomic mass is 9.96. The average Bonchev–Trinajstić information content (AvgIpc) is 2.94. The first-order valence-corrected chi connectivity index (χ1v) is 5.86. The molecular formula is C11H22N2O2. The lowest BCUT2D eigenvalue weighted by molar-refractivity contribution is -0.0126. The fraction of sp³-hybridized carbons (Fsp3) is 1.00. The van der Waals surface area contributed by atoms with Crippen molar-refractivity contribution in [2.24, 2.45) is 11.7 Å². The largest absolute Gasteiger partial charge is 0.387 e. The van der Waals surface area contributed by atoms with Gasteiger partial charge in [0.15, 0.2) is 0 Å². The Morgan fingerprint density at radius 3 is 2.67 bits per heavy atom. The highest BCUT2D eigenvalue weighted by Crippen LogP contribution is 2.39. The second-order valence-electron chi connectivity index (χ2n) is 5.01. The standard InChI is InChI=1S/C11H22N2O2/c1-13(10-4-5-15-6-10)8-11(14,7-12)9-2-3-9/h9-10,14H,2-8,12H2,1H3. The van der Waals surface area contributed by atoms with Gasteiger partial charge in [-0.3, -0.25) is 4.90 Å². The SMILES string of the molecule is CN(CC(O)(CN)C1CC1)C1CCOC1. The highest BCUT2D eigenvalue weighted by atomic mass is 16.5. The highest BCUT2D eigenvalue weighted by Gasteiger charge is 2.44. The summed E-state index contributed by atoms with van der Waals surface area (Å²) in [7, 11) is 2.06. The number of aliphatic hydroxyl groups is 1. The molecule has 0 aromatic heterocycles. The van der Waals surface area contributed by atoms with E-state index in [2.05, 4.69) is 11.9 Å². The van der Waals surface area contributed by atoms with Crippen LogP contribution in [0.5, 0.6) is 0 Å². The zero-order valence-electron chi connectivity index (χ0n) is 9.48. The van der Waals surface area contributed by atoms with Crippen LogP contribution in [0, 0.1) is 5.92 Å². The summed E-state index contributed by atoms with van der Waals surface area (Å²) in [6, 6.07) is 0.460. The first-order chi connectivity index (χ1) is 7.15. The van der Waals surface area contributed by atoms with E-state index in [1.807, 2.05) is 0 Å². The molecule has 2 unspecified atom stereocenters. The molecule has 1 aliphatic carbocycles. The molecule has 3 N–H and O–H groups in total. The Morgan fingerprint density at radius 2 is 2.20 bits per heavy atom. The van der Waals surface area contributed by atoms with Crippen molar-refractivity contribution in [2.75, 3.05) is 33.4 Å². The maximum Gasteiger partial charge on any atom is 0.0923 e. The van der Waals surface area contributed by atoms with E-state index >= 15 is 0 Å². The average molecular weight is 214 g/mol. The molecular weight excluding hydrogens is 192 g/mol. The molecule has 2 atom stereocenters. The predicted octanol–water partition coefficient (Wildman–Crippen LogP) is -0.193. The van der Waals surface area contributed by atoms with Gasteiger partial charge in [0.1, 0.15) is 0 Å². The first kappa shape index (κ1) is 11.3. The van der Waals surface area contributed by atoms with E-state index < -0.39 is 5.60 Å². The zero-order valence-corrected chi connectivity index (χ0v) is 9.48. The molecule has 4 heteroatoms. The van der Waals surface area contributed by atoms with Crippen LogP contribution in [0.3, 0.4) is 0 Å². The van der Waals surface area contributed by atoms with Crippen molar-refractivity contribution in [1.29, 1.82) is 0 Å². The topological polar surface area (TPSA) is 58.7 Å². The lowest BCUT2D eigenvalue weighted by Gasteiger charge is -2.34. The number of nitrogens with zero attached hydrogens (tertiary/aromatic N) is 1. The van der Waals surface area contributed by atoms with Crippen LogP contribution in [0.4, 0.5) is 0 Å². The molecule has 0 aromatic carbocycles. The second-order valence-corrected chi connectivity index (χ2v) is 5.01. The van der Waals surface area contributed by atoms with Gasteiger partial charge in [0, 0.05) is 25.7 Å². The third-order valence-corrected chi connectivity index (χ3v) is 3.74. The number of ether oxygens (including phenoxy) is 1. The fourth-order valence-electron chi connectivity index (χ4n) is 2.41. The maximum atomic E-state index is 10.4. The number of hydrogen-bond acceptors (Lipinski definition) is 4. The molecule has 1 saturated heterocycles. The van der Waals surface area contributed by atoms with Crippen molar-refractivity contribution in [3.05, 3.63) is 0 Å². The van der Waals surface area contributed by atoms with E-state index in [0.717, 1.165) is 32.5 Å². The molecule has 0 aromatic rings. The van der Waals surface area contributed by atoms with Gasteiger partial charge in [0.2, 0.25) is 0 Å². The molecule has 2 rings (SSSR count). The minimum absolute atomic E-state index is 0.371. The summed E-state index contributed by atoms with van der Waals surface area (Å²) in [6.45, 7) is 2.69. The predicted molar refractivity (Wildman–Crippen MR) is 58.6 cm³/mol. The Balaban J connectivity index is 1.87. The van der Waals surface area contributed by atoms with Crippen molar-refractivity contribution < 1.29 is 9.84 Å². The van der Waals surface area contributed by atoms with E-state index in [4.69, 9.17) is 10.5 Å². The molecule has 2 fully saturated rings. The number of likely N-dealkylation sites (N-methyl/N-ethyl adjacent to an activating group) is 1. The molecule has 4 nitrogen and oxygen atoms in total. The first-order valence-electron chi connectivity index (χ1n) is 5.86. The quantitative estimate of drug-likeness (QED) is 0.666. The summed E-state index contributed by atoms with van der Waals surface area (Å²) in [5.74, 6) is 0.423. The minimum atomic E-state index is -0.669. The van der Waals surface area contributed by atoms with E-state index in [1.54, 1.807) is 0 Å². The Bertz CT molecular complexity index is 215. The summed E-state index contributed by atoms with van der Waals surface area (Å²) >= 11 is 0. The van der Waals surface area contributed by atoms with E-state index in [-0.39, 0.29) is 0 Å². The van der Waals surface area contributed by atoms with Crippen molar-refractivity contribution in [3.63, 3.8) is 0 Å². The van der Waals surface area contributed by atoms with Gasteiger partial charge in [-0.25, -0.2) is 0 Å². The number of hydrogen-bond donors (Lipinski definition) is 2.